The molecule has 0 aliphatic carbocycles. The third-order valence-electron chi connectivity index (χ3n) is 4.24. The number of furan rings is 1. The highest BCUT2D eigenvalue weighted by Gasteiger charge is 2.30. The van der Waals surface area contributed by atoms with E-state index in [-0.39, 0.29) is 17.4 Å². The predicted octanol–water partition coefficient (Wildman–Crippen LogP) is 5.00. The van der Waals surface area contributed by atoms with Crippen molar-refractivity contribution >= 4 is 34.2 Å². The van der Waals surface area contributed by atoms with Crippen LogP contribution in [-0.2, 0) is 12.7 Å². The van der Waals surface area contributed by atoms with Gasteiger partial charge in [-0.05, 0) is 23.8 Å². The van der Waals surface area contributed by atoms with E-state index >= 15 is 0 Å². The number of carbonyl (C=O) groups excluding carboxylic acids is 1. The number of pyridine rings is 1. The lowest BCUT2D eigenvalue weighted by molar-refractivity contribution is -0.137. The fourth-order valence-corrected chi connectivity index (χ4v) is 3.08. The molecule has 29 heavy (non-hydrogen) atoms. The normalized spacial score (nSPS) is 11.7. The van der Waals surface area contributed by atoms with Gasteiger partial charge >= 0.3 is 6.18 Å². The lowest BCUT2D eigenvalue weighted by Crippen LogP contribution is -2.12. The Labute approximate surface area is 166 Å². The molecule has 0 saturated carbocycles. The number of amides is 1. The van der Waals surface area contributed by atoms with Gasteiger partial charge in [0.05, 0.1) is 46.1 Å². The highest BCUT2D eigenvalue weighted by Crippen LogP contribution is 2.31. The quantitative estimate of drug-likeness (QED) is 0.504. The summed E-state index contributed by atoms with van der Waals surface area (Å²) in [5.41, 5.74) is 0.694. The van der Waals surface area contributed by atoms with Crippen molar-refractivity contribution in [2.75, 3.05) is 5.32 Å². The summed E-state index contributed by atoms with van der Waals surface area (Å²) in [6.07, 6.45) is 1.19. The molecular formula is C19H12ClF3N4O2. The zero-order valence-corrected chi connectivity index (χ0v) is 15.3. The molecule has 0 aliphatic rings. The van der Waals surface area contributed by atoms with E-state index in [1.807, 2.05) is 0 Å². The van der Waals surface area contributed by atoms with Gasteiger partial charge in [-0.3, -0.25) is 14.5 Å². The van der Waals surface area contributed by atoms with E-state index in [0.717, 1.165) is 12.1 Å². The molecular weight excluding hydrogens is 409 g/mol. The smallest absolute Gasteiger partial charge is 0.416 e. The maximum atomic E-state index is 12.8. The Hall–Kier alpha value is -3.33. The molecule has 1 aromatic carbocycles. The molecule has 6 nitrogen and oxygen atoms in total. The standard InChI is InChI=1S/C19H12ClF3N4O2/c20-14-7-24-8-15-16(14)17(25-18(28)12-5-6-29-10-12)26-27(15)9-11-1-3-13(4-2-11)19(21,22)23/h1-8,10H,9H2,(H,25,26,28). The van der Waals surface area contributed by atoms with Crippen LogP contribution in [0, 0.1) is 0 Å². The van der Waals surface area contributed by atoms with Gasteiger partial charge in [0.25, 0.3) is 5.91 Å². The Bertz CT molecular complexity index is 1170. The van der Waals surface area contributed by atoms with Gasteiger partial charge in [0.1, 0.15) is 6.26 Å². The number of nitrogens with zero attached hydrogens (tertiary/aromatic N) is 3. The van der Waals surface area contributed by atoms with Gasteiger partial charge < -0.3 is 9.73 Å². The van der Waals surface area contributed by atoms with Crippen molar-refractivity contribution in [3.63, 3.8) is 0 Å². The topological polar surface area (TPSA) is 73.0 Å². The van der Waals surface area contributed by atoms with Crippen molar-refractivity contribution < 1.29 is 22.4 Å². The second-order valence-electron chi connectivity index (χ2n) is 6.18. The van der Waals surface area contributed by atoms with Crippen LogP contribution in [0.2, 0.25) is 5.02 Å². The van der Waals surface area contributed by atoms with Crippen LogP contribution in [0.3, 0.4) is 0 Å². The highest BCUT2D eigenvalue weighted by atomic mass is 35.5. The highest BCUT2D eigenvalue weighted by molar-refractivity contribution is 6.36. The monoisotopic (exact) mass is 420 g/mol. The lowest BCUT2D eigenvalue weighted by Gasteiger charge is -2.08. The number of nitrogens with one attached hydrogen (secondary N) is 1. The molecule has 0 radical (unpaired) electrons. The third kappa shape index (κ3) is 3.81. The fraction of sp³-hybridized carbons (Fsp3) is 0.105. The summed E-state index contributed by atoms with van der Waals surface area (Å²) < 4.78 is 44.7. The van der Waals surface area contributed by atoms with Crippen LogP contribution in [0.25, 0.3) is 10.9 Å². The van der Waals surface area contributed by atoms with Crippen LogP contribution < -0.4 is 5.32 Å². The lowest BCUT2D eigenvalue weighted by atomic mass is 10.1. The van der Waals surface area contributed by atoms with Crippen molar-refractivity contribution in [2.45, 2.75) is 12.7 Å². The summed E-state index contributed by atoms with van der Waals surface area (Å²) in [5.74, 6) is -0.224. The van der Waals surface area contributed by atoms with Crippen LogP contribution >= 0.6 is 11.6 Å². The van der Waals surface area contributed by atoms with E-state index in [4.69, 9.17) is 16.0 Å². The average molecular weight is 421 g/mol. The van der Waals surface area contributed by atoms with Crippen molar-refractivity contribution in [3.05, 3.63) is 77.0 Å². The van der Waals surface area contributed by atoms with Gasteiger partial charge in [-0.25, -0.2) is 0 Å². The third-order valence-corrected chi connectivity index (χ3v) is 4.53. The predicted molar refractivity (Wildman–Crippen MR) is 99.7 cm³/mol. The number of hydrogen-bond donors (Lipinski definition) is 1. The largest absolute Gasteiger partial charge is 0.472 e. The van der Waals surface area contributed by atoms with Gasteiger partial charge in [0.15, 0.2) is 5.82 Å². The summed E-state index contributed by atoms with van der Waals surface area (Å²) in [6, 6.07) is 6.26. The first-order chi connectivity index (χ1) is 13.8. The number of rotatable bonds is 4. The van der Waals surface area contributed by atoms with Gasteiger partial charge in [-0.1, -0.05) is 23.7 Å². The number of fused-ring (bicyclic) bond motifs is 1. The molecule has 3 heterocycles. The molecule has 3 aromatic heterocycles. The summed E-state index contributed by atoms with van der Waals surface area (Å²) in [7, 11) is 0. The van der Waals surface area contributed by atoms with Crippen LogP contribution in [-0.4, -0.2) is 20.7 Å². The van der Waals surface area contributed by atoms with E-state index in [0.29, 0.717) is 22.0 Å². The second-order valence-corrected chi connectivity index (χ2v) is 6.59. The molecule has 0 aliphatic heterocycles. The summed E-state index contributed by atoms with van der Waals surface area (Å²) >= 11 is 6.25. The maximum Gasteiger partial charge on any atom is 0.416 e. The minimum Gasteiger partial charge on any atom is -0.472 e. The Kier molecular flexibility index (Phi) is 4.75. The number of aromatic nitrogens is 3. The van der Waals surface area contributed by atoms with E-state index in [9.17, 15) is 18.0 Å². The van der Waals surface area contributed by atoms with E-state index in [1.54, 1.807) is 0 Å². The molecule has 4 rings (SSSR count). The summed E-state index contributed by atoms with van der Waals surface area (Å²) in [6.45, 7) is 0.165. The molecule has 4 aromatic rings. The molecule has 1 amide bonds. The molecule has 0 fully saturated rings. The summed E-state index contributed by atoms with van der Waals surface area (Å²) in [5, 5.41) is 7.80. The second kappa shape index (κ2) is 7.25. The molecule has 1 N–H and O–H groups in total. The first-order valence-corrected chi connectivity index (χ1v) is 8.70. The SMILES string of the molecule is O=C(Nc1nn(Cc2ccc(C(F)(F)F)cc2)c2cncc(Cl)c12)c1ccoc1. The Morgan fingerprint density at radius 2 is 1.93 bits per heavy atom. The van der Waals surface area contributed by atoms with Crippen LogP contribution in [0.1, 0.15) is 21.5 Å². The fourth-order valence-electron chi connectivity index (χ4n) is 2.83. The van der Waals surface area contributed by atoms with Crippen LogP contribution in [0.5, 0.6) is 0 Å². The Balaban J connectivity index is 1.68. The molecule has 0 spiro atoms. The summed E-state index contributed by atoms with van der Waals surface area (Å²) in [4.78, 5) is 16.4. The van der Waals surface area contributed by atoms with Gasteiger partial charge in [-0.15, -0.1) is 0 Å². The molecule has 0 atom stereocenters. The van der Waals surface area contributed by atoms with Gasteiger partial charge in [0.2, 0.25) is 0 Å². The molecule has 10 heteroatoms. The van der Waals surface area contributed by atoms with E-state index < -0.39 is 17.6 Å². The number of anilines is 1. The van der Waals surface area contributed by atoms with Gasteiger partial charge in [-0.2, -0.15) is 18.3 Å². The number of benzene rings is 1. The first kappa shape index (κ1) is 19.0. The maximum absolute atomic E-state index is 12.8. The van der Waals surface area contributed by atoms with Crippen molar-refractivity contribution in [2.24, 2.45) is 0 Å². The number of carbonyl (C=O) groups is 1. The van der Waals surface area contributed by atoms with Crippen LogP contribution in [0.15, 0.2) is 59.7 Å². The number of hydrogen-bond acceptors (Lipinski definition) is 4. The van der Waals surface area contributed by atoms with E-state index in [2.05, 4.69) is 15.4 Å². The molecule has 0 bridgehead atoms. The van der Waals surface area contributed by atoms with Crippen molar-refractivity contribution in [3.8, 4) is 0 Å². The van der Waals surface area contributed by atoms with Gasteiger partial charge in [0, 0.05) is 6.20 Å². The Morgan fingerprint density at radius 1 is 1.17 bits per heavy atom. The first-order valence-electron chi connectivity index (χ1n) is 8.32. The molecule has 148 valence electrons. The minimum atomic E-state index is -4.40. The Morgan fingerprint density at radius 3 is 2.59 bits per heavy atom. The minimum absolute atomic E-state index is 0.165. The van der Waals surface area contributed by atoms with E-state index in [1.165, 1.54) is 47.8 Å². The number of alkyl halides is 3. The molecule has 0 unspecified atom stereocenters. The average Bonchev–Trinajstić information content (AvgIpc) is 3.31. The zero-order chi connectivity index (χ0) is 20.6. The van der Waals surface area contributed by atoms with Crippen LogP contribution in [0.4, 0.5) is 19.0 Å². The van der Waals surface area contributed by atoms with Crippen molar-refractivity contribution in [1.82, 2.24) is 14.8 Å². The van der Waals surface area contributed by atoms with Crippen molar-refractivity contribution in [1.29, 1.82) is 0 Å². The molecule has 0 saturated heterocycles. The zero-order valence-electron chi connectivity index (χ0n) is 14.6. The number of halogens is 4.